The minimum atomic E-state index is 0.679. The Morgan fingerprint density at radius 3 is 1.75 bits per heavy atom. The summed E-state index contributed by atoms with van der Waals surface area (Å²) in [5.74, 6) is 0.679. The van der Waals surface area contributed by atoms with E-state index in [0.717, 1.165) is 118 Å². The summed E-state index contributed by atoms with van der Waals surface area (Å²) in [6, 6.07) is 61.5. The predicted octanol–water partition coefficient (Wildman–Crippen LogP) is 14.4. The van der Waals surface area contributed by atoms with Gasteiger partial charge in [-0.1, -0.05) is 152 Å². The van der Waals surface area contributed by atoms with E-state index in [2.05, 4.69) is 165 Å². The van der Waals surface area contributed by atoms with E-state index in [1.807, 2.05) is 18.2 Å². The van der Waals surface area contributed by atoms with Gasteiger partial charge in [-0.2, -0.15) is 0 Å². The van der Waals surface area contributed by atoms with Gasteiger partial charge >= 0.3 is 0 Å². The molecule has 270 valence electrons. The van der Waals surface area contributed by atoms with Gasteiger partial charge in [0.15, 0.2) is 5.84 Å². The molecule has 0 radical (unpaired) electrons. The van der Waals surface area contributed by atoms with Crippen molar-refractivity contribution in [3.63, 3.8) is 0 Å². The smallest absolute Gasteiger partial charge is 0.160 e. The molecule has 0 saturated carbocycles. The van der Waals surface area contributed by atoms with Crippen molar-refractivity contribution in [2.24, 2.45) is 9.98 Å². The van der Waals surface area contributed by atoms with Gasteiger partial charge < -0.3 is 8.83 Å². The average Bonchev–Trinajstić information content (AvgIpc) is 3.85. The summed E-state index contributed by atoms with van der Waals surface area (Å²) in [4.78, 5) is 11.0. The molecule has 57 heavy (non-hydrogen) atoms. The van der Waals surface area contributed by atoms with Crippen LogP contribution in [0.15, 0.2) is 200 Å². The zero-order valence-electron chi connectivity index (χ0n) is 31.4. The Balaban J connectivity index is 1.13. The molecule has 0 fully saturated rings. The maximum Gasteiger partial charge on any atom is 0.160 e. The number of hydrogen-bond donors (Lipinski definition) is 0. The van der Waals surface area contributed by atoms with Crippen LogP contribution in [0.25, 0.3) is 82.6 Å². The van der Waals surface area contributed by atoms with E-state index in [0.29, 0.717) is 5.84 Å². The van der Waals surface area contributed by atoms with E-state index in [-0.39, 0.29) is 0 Å². The van der Waals surface area contributed by atoms with Gasteiger partial charge in [0, 0.05) is 38.2 Å². The van der Waals surface area contributed by atoms with Gasteiger partial charge in [0.25, 0.3) is 0 Å². The summed E-state index contributed by atoms with van der Waals surface area (Å²) in [6.07, 6.45) is 1.61. The average molecular weight is 733 g/mol. The van der Waals surface area contributed by atoms with Crippen LogP contribution in [0.5, 0.6) is 0 Å². The number of hydrogen-bond acceptors (Lipinski definition) is 4. The molecule has 8 aromatic carbocycles. The fourth-order valence-corrected chi connectivity index (χ4v) is 8.66. The molecule has 1 aliphatic heterocycles. The zero-order chi connectivity index (χ0) is 37.9. The molecule has 0 bridgehead atoms. The molecule has 0 amide bonds. The first kappa shape index (κ1) is 33.1. The highest BCUT2D eigenvalue weighted by Crippen LogP contribution is 2.43. The Labute approximate surface area is 329 Å². The number of fused-ring (bicyclic) bond motifs is 7. The lowest BCUT2D eigenvalue weighted by atomic mass is 9.91. The van der Waals surface area contributed by atoms with Crippen LogP contribution in [-0.2, 0) is 0 Å². The van der Waals surface area contributed by atoms with Crippen LogP contribution in [0.1, 0.15) is 36.5 Å². The molecule has 10 aromatic rings. The second kappa shape index (κ2) is 13.5. The predicted molar refractivity (Wildman–Crippen MR) is 237 cm³/mol. The van der Waals surface area contributed by atoms with E-state index < -0.39 is 0 Å². The molecular formula is C53H36N2O2. The van der Waals surface area contributed by atoms with E-state index in [4.69, 9.17) is 18.8 Å². The van der Waals surface area contributed by atoms with Crippen molar-refractivity contribution in [1.29, 1.82) is 0 Å². The van der Waals surface area contributed by atoms with Crippen molar-refractivity contribution in [1.82, 2.24) is 0 Å². The Bertz CT molecular complexity index is 3290. The summed E-state index contributed by atoms with van der Waals surface area (Å²) in [5.41, 5.74) is 14.1. The van der Waals surface area contributed by atoms with Crippen molar-refractivity contribution in [3.8, 4) is 22.3 Å². The van der Waals surface area contributed by atoms with Crippen LogP contribution in [-0.4, -0.2) is 11.5 Å². The van der Waals surface area contributed by atoms with Gasteiger partial charge in [0.05, 0.1) is 11.4 Å². The lowest BCUT2D eigenvalue weighted by Gasteiger charge is -2.18. The maximum atomic E-state index is 6.67. The first-order valence-electron chi connectivity index (χ1n) is 19.5. The molecule has 0 N–H and O–H groups in total. The third kappa shape index (κ3) is 5.52. The number of benzene rings is 8. The molecule has 0 atom stereocenters. The molecule has 0 unspecified atom stereocenters. The number of allylic oxidation sites excluding steroid dienone is 1. The Morgan fingerprint density at radius 1 is 0.386 bits per heavy atom. The van der Waals surface area contributed by atoms with Crippen LogP contribution in [0.3, 0.4) is 0 Å². The van der Waals surface area contributed by atoms with Crippen molar-refractivity contribution >= 4 is 71.9 Å². The minimum absolute atomic E-state index is 0.679. The monoisotopic (exact) mass is 732 g/mol. The van der Waals surface area contributed by atoms with Crippen LogP contribution in [0.2, 0.25) is 0 Å². The number of rotatable bonds is 5. The van der Waals surface area contributed by atoms with Gasteiger partial charge in [-0.05, 0) is 82.6 Å². The molecule has 0 aliphatic carbocycles. The minimum Gasteiger partial charge on any atom is -0.455 e. The fourth-order valence-electron chi connectivity index (χ4n) is 8.66. The molecular weight excluding hydrogens is 697 g/mol. The van der Waals surface area contributed by atoms with Crippen LogP contribution >= 0.6 is 0 Å². The molecule has 0 spiro atoms. The Morgan fingerprint density at radius 2 is 0.947 bits per heavy atom. The van der Waals surface area contributed by atoms with Crippen molar-refractivity contribution in [2.75, 3.05) is 0 Å². The molecule has 2 aromatic heterocycles. The quantitative estimate of drug-likeness (QED) is 0.177. The van der Waals surface area contributed by atoms with Crippen LogP contribution in [0, 0.1) is 0 Å². The molecule has 4 heteroatoms. The lowest BCUT2D eigenvalue weighted by Crippen LogP contribution is -2.11. The maximum absolute atomic E-state index is 6.67. The van der Waals surface area contributed by atoms with Gasteiger partial charge in [-0.15, -0.1) is 0 Å². The van der Waals surface area contributed by atoms with E-state index in [1.165, 1.54) is 5.57 Å². The topological polar surface area (TPSA) is 51.0 Å². The van der Waals surface area contributed by atoms with Crippen LogP contribution < -0.4 is 0 Å². The van der Waals surface area contributed by atoms with E-state index >= 15 is 0 Å². The fraction of sp³-hybridized carbons (Fsp3) is 0.0566. The first-order chi connectivity index (χ1) is 28.2. The second-order valence-electron chi connectivity index (χ2n) is 14.8. The van der Waals surface area contributed by atoms with E-state index in [9.17, 15) is 0 Å². The highest BCUT2D eigenvalue weighted by atomic mass is 16.3. The summed E-state index contributed by atoms with van der Waals surface area (Å²) < 4.78 is 13.2. The van der Waals surface area contributed by atoms with Crippen LogP contribution in [0.4, 0.5) is 0 Å². The van der Waals surface area contributed by atoms with Gasteiger partial charge in [0.2, 0.25) is 0 Å². The SMILES string of the molecule is C/C1=C(/c2cccc3c2oc2ccccc23)N=C(c2ccc(-c3cccc4oc5c(-c6ccccc6)cccc5c34)c3ccccc23)N=C(c2ccccc2)CC1. The standard InChI is InChI=1S/C53H36N2O2/c1-33-29-32-46(35-17-6-3-7-18-35)54-53(55-50(33)45-26-13-24-42-40-21-10-11-27-47(40)56-52(42)45)43-31-30-39(37-19-8-9-20-38(37)43)41-23-14-28-48-49(41)44-25-12-22-36(51(44)57-48)34-15-4-2-5-16-34/h2-28,30-31H,29,32H2,1H3/b50-33+,54-46?,55-53?. The lowest BCUT2D eigenvalue weighted by molar-refractivity contribution is 0.667. The number of para-hydroxylation sites is 3. The highest BCUT2D eigenvalue weighted by molar-refractivity contribution is 6.22. The number of aliphatic imine (C=N–C) groups is 2. The molecule has 1 aliphatic rings. The highest BCUT2D eigenvalue weighted by Gasteiger charge is 2.22. The van der Waals surface area contributed by atoms with Crippen molar-refractivity contribution in [2.45, 2.75) is 19.8 Å². The number of furan rings is 2. The van der Waals surface area contributed by atoms with Gasteiger partial charge in [-0.25, -0.2) is 9.98 Å². The summed E-state index contributed by atoms with van der Waals surface area (Å²) in [7, 11) is 0. The third-order valence-electron chi connectivity index (χ3n) is 11.4. The zero-order valence-corrected chi connectivity index (χ0v) is 31.4. The molecule has 3 heterocycles. The van der Waals surface area contributed by atoms with Gasteiger partial charge in [0.1, 0.15) is 22.3 Å². The first-order valence-corrected chi connectivity index (χ1v) is 19.5. The largest absolute Gasteiger partial charge is 0.455 e. The molecule has 4 nitrogen and oxygen atoms in total. The van der Waals surface area contributed by atoms with Gasteiger partial charge in [-0.3, -0.25) is 0 Å². The van der Waals surface area contributed by atoms with Crippen molar-refractivity contribution < 1.29 is 8.83 Å². The Hall–Kier alpha value is -7.30. The summed E-state index contributed by atoms with van der Waals surface area (Å²) in [6.45, 7) is 2.20. The third-order valence-corrected chi connectivity index (χ3v) is 11.4. The summed E-state index contributed by atoms with van der Waals surface area (Å²) in [5, 5.41) is 6.60. The second-order valence-corrected chi connectivity index (χ2v) is 14.8. The molecule has 0 saturated heterocycles. The van der Waals surface area contributed by atoms with E-state index in [1.54, 1.807) is 0 Å². The normalized spacial score (nSPS) is 15.0. The van der Waals surface area contributed by atoms with Crippen molar-refractivity contribution in [3.05, 3.63) is 198 Å². The molecule has 11 rings (SSSR count). The number of amidine groups is 1. The Kier molecular flexibility index (Phi) is 7.82. The number of nitrogens with zero attached hydrogens (tertiary/aromatic N) is 2. The summed E-state index contributed by atoms with van der Waals surface area (Å²) >= 11 is 0.